The number of amides is 1. The van der Waals surface area contributed by atoms with Crippen molar-refractivity contribution in [1.29, 1.82) is 0 Å². The van der Waals surface area contributed by atoms with Crippen LogP contribution in [0.25, 0.3) is 0 Å². The van der Waals surface area contributed by atoms with Gasteiger partial charge in [-0.15, -0.1) is 11.3 Å². The fraction of sp³-hybridized carbons (Fsp3) is 0.643. The minimum absolute atomic E-state index is 0.0757. The van der Waals surface area contributed by atoms with Gasteiger partial charge in [-0.1, -0.05) is 12.8 Å². The van der Waals surface area contributed by atoms with Crippen LogP contribution in [0.1, 0.15) is 45.8 Å². The Morgan fingerprint density at radius 1 is 1.37 bits per heavy atom. The van der Waals surface area contributed by atoms with Crippen molar-refractivity contribution in [2.75, 3.05) is 5.75 Å². The molecule has 1 aromatic rings. The molecule has 3 N–H and O–H groups in total. The highest BCUT2D eigenvalue weighted by Gasteiger charge is 2.25. The predicted molar refractivity (Wildman–Crippen MR) is 81.9 cm³/mol. The molecule has 3 rings (SSSR count). The van der Waals surface area contributed by atoms with Crippen molar-refractivity contribution in [3.63, 3.8) is 0 Å². The average Bonchev–Trinajstić information content (AvgIpc) is 2.85. The SMILES string of the molecule is NC1CCCCC1NC(=O)c1cc2c(s1)CCSC2. The summed E-state index contributed by atoms with van der Waals surface area (Å²) in [4.78, 5) is 14.6. The monoisotopic (exact) mass is 296 g/mol. The first-order chi connectivity index (χ1) is 9.24. The lowest BCUT2D eigenvalue weighted by Crippen LogP contribution is -2.49. The van der Waals surface area contributed by atoms with Crippen LogP contribution >= 0.6 is 23.1 Å². The maximum absolute atomic E-state index is 12.3. The number of nitrogens with one attached hydrogen (secondary N) is 1. The van der Waals surface area contributed by atoms with Crippen LogP contribution in [-0.2, 0) is 12.2 Å². The molecule has 3 nitrogen and oxygen atoms in total. The summed E-state index contributed by atoms with van der Waals surface area (Å²) in [5, 5.41) is 3.13. The summed E-state index contributed by atoms with van der Waals surface area (Å²) in [5.41, 5.74) is 7.45. The lowest BCUT2D eigenvalue weighted by molar-refractivity contribution is 0.0925. The summed E-state index contributed by atoms with van der Waals surface area (Å²) in [6.45, 7) is 0. The quantitative estimate of drug-likeness (QED) is 0.882. The molecule has 1 aliphatic heterocycles. The van der Waals surface area contributed by atoms with Gasteiger partial charge in [-0.05, 0) is 36.6 Å². The molecule has 1 aliphatic carbocycles. The third-order valence-electron chi connectivity index (χ3n) is 3.99. The van der Waals surface area contributed by atoms with E-state index in [-0.39, 0.29) is 18.0 Å². The van der Waals surface area contributed by atoms with Crippen molar-refractivity contribution < 1.29 is 4.79 Å². The molecule has 0 aromatic carbocycles. The third kappa shape index (κ3) is 2.98. The van der Waals surface area contributed by atoms with E-state index in [0.29, 0.717) is 0 Å². The molecule has 5 heteroatoms. The van der Waals surface area contributed by atoms with Crippen molar-refractivity contribution in [3.8, 4) is 0 Å². The van der Waals surface area contributed by atoms with Gasteiger partial charge in [0.15, 0.2) is 0 Å². The normalized spacial score (nSPS) is 26.8. The molecule has 0 radical (unpaired) electrons. The van der Waals surface area contributed by atoms with Gasteiger partial charge in [-0.3, -0.25) is 4.79 Å². The van der Waals surface area contributed by atoms with E-state index in [4.69, 9.17) is 5.73 Å². The molecule has 2 atom stereocenters. The molecule has 2 unspecified atom stereocenters. The van der Waals surface area contributed by atoms with Crippen molar-refractivity contribution >= 4 is 29.0 Å². The van der Waals surface area contributed by atoms with E-state index in [1.807, 2.05) is 11.8 Å². The second-order valence-electron chi connectivity index (χ2n) is 5.39. The maximum atomic E-state index is 12.3. The molecule has 0 saturated heterocycles. The Morgan fingerprint density at radius 3 is 3.00 bits per heavy atom. The first-order valence-corrected chi connectivity index (χ1v) is 8.97. The summed E-state index contributed by atoms with van der Waals surface area (Å²) in [5.74, 6) is 2.32. The highest BCUT2D eigenvalue weighted by atomic mass is 32.2. The molecule has 0 bridgehead atoms. The van der Waals surface area contributed by atoms with E-state index in [1.54, 1.807) is 11.3 Å². The molecule has 104 valence electrons. The molecule has 1 fully saturated rings. The molecular weight excluding hydrogens is 276 g/mol. The molecule has 2 heterocycles. The van der Waals surface area contributed by atoms with Crippen LogP contribution in [0.3, 0.4) is 0 Å². The molecule has 1 saturated carbocycles. The van der Waals surface area contributed by atoms with E-state index in [0.717, 1.165) is 29.9 Å². The lowest BCUT2D eigenvalue weighted by Gasteiger charge is -2.29. The highest BCUT2D eigenvalue weighted by molar-refractivity contribution is 7.98. The van der Waals surface area contributed by atoms with Crippen molar-refractivity contribution in [3.05, 3.63) is 21.4 Å². The number of nitrogens with two attached hydrogens (primary N) is 1. The standard InChI is InChI=1S/C14H20N2OS2/c15-10-3-1-2-4-11(10)16-14(17)13-7-9-8-18-6-5-12(9)19-13/h7,10-11H,1-6,8,15H2,(H,16,17). The summed E-state index contributed by atoms with van der Waals surface area (Å²) in [6.07, 6.45) is 5.53. The summed E-state index contributed by atoms with van der Waals surface area (Å²) < 4.78 is 0. The second kappa shape index (κ2) is 5.85. The van der Waals surface area contributed by atoms with Gasteiger partial charge < -0.3 is 11.1 Å². The van der Waals surface area contributed by atoms with Crippen molar-refractivity contribution in [2.24, 2.45) is 5.73 Å². The highest BCUT2D eigenvalue weighted by Crippen LogP contribution is 2.31. The number of rotatable bonds is 2. The van der Waals surface area contributed by atoms with Gasteiger partial charge in [0.1, 0.15) is 0 Å². The van der Waals surface area contributed by atoms with Crippen LogP contribution in [0, 0.1) is 0 Å². The summed E-state index contributed by atoms with van der Waals surface area (Å²) in [6, 6.07) is 2.37. The molecule has 1 aromatic heterocycles. The maximum Gasteiger partial charge on any atom is 0.261 e. The Bertz CT molecular complexity index is 449. The Hall–Kier alpha value is -0.520. The van der Waals surface area contributed by atoms with Crippen LogP contribution < -0.4 is 11.1 Å². The van der Waals surface area contributed by atoms with Gasteiger partial charge in [-0.25, -0.2) is 0 Å². The fourth-order valence-electron chi connectivity index (χ4n) is 2.84. The Balaban J connectivity index is 1.68. The van der Waals surface area contributed by atoms with E-state index >= 15 is 0 Å². The molecule has 0 spiro atoms. The molecule has 19 heavy (non-hydrogen) atoms. The molecule has 2 aliphatic rings. The van der Waals surface area contributed by atoms with Gasteiger partial charge in [0.2, 0.25) is 0 Å². The summed E-state index contributed by atoms with van der Waals surface area (Å²) in [7, 11) is 0. The topological polar surface area (TPSA) is 55.1 Å². The average molecular weight is 296 g/mol. The lowest BCUT2D eigenvalue weighted by atomic mass is 9.91. The van der Waals surface area contributed by atoms with Crippen molar-refractivity contribution in [1.82, 2.24) is 5.32 Å². The van der Waals surface area contributed by atoms with Crippen LogP contribution in [0.5, 0.6) is 0 Å². The zero-order valence-electron chi connectivity index (χ0n) is 11.0. The molecule has 1 amide bonds. The first-order valence-electron chi connectivity index (χ1n) is 7.00. The van der Waals surface area contributed by atoms with Gasteiger partial charge >= 0.3 is 0 Å². The minimum atomic E-state index is 0.0757. The van der Waals surface area contributed by atoms with E-state index in [9.17, 15) is 4.79 Å². The van der Waals surface area contributed by atoms with E-state index in [2.05, 4.69) is 11.4 Å². The zero-order valence-corrected chi connectivity index (χ0v) is 12.6. The van der Waals surface area contributed by atoms with Crippen LogP contribution in [0.4, 0.5) is 0 Å². The molecular formula is C14H20N2OS2. The second-order valence-corrected chi connectivity index (χ2v) is 7.63. The predicted octanol–water partition coefficient (Wildman–Crippen LogP) is 2.54. The summed E-state index contributed by atoms with van der Waals surface area (Å²) >= 11 is 3.62. The number of carbonyl (C=O) groups excluding carboxylic acids is 1. The Morgan fingerprint density at radius 2 is 2.21 bits per heavy atom. The number of thioether (sulfide) groups is 1. The van der Waals surface area contributed by atoms with Crippen molar-refractivity contribution in [2.45, 2.75) is 49.9 Å². The Labute approximate surface area is 122 Å². The smallest absolute Gasteiger partial charge is 0.261 e. The zero-order chi connectivity index (χ0) is 13.2. The number of fused-ring (bicyclic) bond motifs is 1. The number of carbonyl (C=O) groups is 1. The third-order valence-corrected chi connectivity index (χ3v) is 6.23. The minimum Gasteiger partial charge on any atom is -0.347 e. The number of aryl methyl sites for hydroxylation is 1. The first kappa shape index (κ1) is 13.5. The van der Waals surface area contributed by atoms with Gasteiger partial charge in [-0.2, -0.15) is 11.8 Å². The van der Waals surface area contributed by atoms with Crippen LogP contribution in [0.2, 0.25) is 0 Å². The van der Waals surface area contributed by atoms with Gasteiger partial charge in [0.25, 0.3) is 5.91 Å². The number of thiophene rings is 1. The van der Waals surface area contributed by atoms with E-state index in [1.165, 1.54) is 29.0 Å². The largest absolute Gasteiger partial charge is 0.347 e. The van der Waals surface area contributed by atoms with Gasteiger partial charge in [0, 0.05) is 22.7 Å². The van der Waals surface area contributed by atoms with Crippen LogP contribution in [-0.4, -0.2) is 23.7 Å². The van der Waals surface area contributed by atoms with Crippen LogP contribution in [0.15, 0.2) is 6.07 Å². The number of hydrogen-bond acceptors (Lipinski definition) is 4. The Kier molecular flexibility index (Phi) is 4.15. The number of hydrogen-bond donors (Lipinski definition) is 2. The van der Waals surface area contributed by atoms with E-state index < -0.39 is 0 Å². The van der Waals surface area contributed by atoms with Gasteiger partial charge in [0.05, 0.1) is 4.88 Å². The fourth-order valence-corrected chi connectivity index (χ4v) is 5.11.